The monoisotopic (exact) mass is 256 g/mol. The van der Waals surface area contributed by atoms with Gasteiger partial charge >= 0.3 is 5.97 Å². The van der Waals surface area contributed by atoms with Gasteiger partial charge in [-0.3, -0.25) is 4.98 Å². The molecule has 0 unspecified atom stereocenters. The van der Waals surface area contributed by atoms with Gasteiger partial charge in [0, 0.05) is 24.0 Å². The van der Waals surface area contributed by atoms with E-state index in [1.54, 1.807) is 24.5 Å². The first kappa shape index (κ1) is 11.1. The standard InChI is InChI=1S/C12H8N4O3/c17-12(19-9-3-6-15-16-9)10-11(18-7-14-10)8-1-4-13-5-2-8/h1-7H,(H,15,16). The summed E-state index contributed by atoms with van der Waals surface area (Å²) in [5, 5.41) is 6.21. The molecule has 0 bridgehead atoms. The summed E-state index contributed by atoms with van der Waals surface area (Å²) in [5.74, 6) is -0.0367. The van der Waals surface area contributed by atoms with Gasteiger partial charge in [-0.25, -0.2) is 14.9 Å². The van der Waals surface area contributed by atoms with Crippen molar-refractivity contribution in [3.05, 3.63) is 48.9 Å². The van der Waals surface area contributed by atoms with Crippen molar-refractivity contribution in [1.29, 1.82) is 0 Å². The molecule has 3 rings (SSSR count). The SMILES string of the molecule is O=C(Oc1ccn[nH]1)c1ncoc1-c1ccncc1. The van der Waals surface area contributed by atoms with Gasteiger partial charge < -0.3 is 9.15 Å². The Morgan fingerprint density at radius 3 is 2.79 bits per heavy atom. The number of esters is 1. The van der Waals surface area contributed by atoms with Crippen LogP contribution in [0.4, 0.5) is 0 Å². The molecule has 19 heavy (non-hydrogen) atoms. The van der Waals surface area contributed by atoms with Gasteiger partial charge in [0.2, 0.25) is 5.88 Å². The zero-order chi connectivity index (χ0) is 13.1. The average Bonchev–Trinajstić information content (AvgIpc) is 3.10. The molecule has 7 heteroatoms. The first-order valence-corrected chi connectivity index (χ1v) is 5.40. The number of ether oxygens (including phenoxy) is 1. The zero-order valence-electron chi connectivity index (χ0n) is 9.61. The molecule has 94 valence electrons. The van der Waals surface area contributed by atoms with E-state index in [9.17, 15) is 4.79 Å². The number of carbonyl (C=O) groups is 1. The summed E-state index contributed by atoms with van der Waals surface area (Å²) in [5.41, 5.74) is 0.796. The molecule has 0 atom stereocenters. The van der Waals surface area contributed by atoms with Crippen LogP contribution in [0.25, 0.3) is 11.3 Å². The van der Waals surface area contributed by atoms with E-state index < -0.39 is 5.97 Å². The third kappa shape index (κ3) is 2.21. The molecule has 0 saturated carbocycles. The third-order valence-electron chi connectivity index (χ3n) is 2.38. The second-order valence-corrected chi connectivity index (χ2v) is 3.58. The van der Waals surface area contributed by atoms with Crippen LogP contribution < -0.4 is 4.74 Å². The number of oxazole rings is 1. The maximum atomic E-state index is 12.0. The number of pyridine rings is 1. The highest BCUT2D eigenvalue weighted by molar-refractivity contribution is 5.94. The van der Waals surface area contributed by atoms with Gasteiger partial charge in [0.25, 0.3) is 0 Å². The van der Waals surface area contributed by atoms with Crippen LogP contribution in [-0.2, 0) is 0 Å². The van der Waals surface area contributed by atoms with Gasteiger partial charge in [-0.2, -0.15) is 5.10 Å². The number of hydrogen-bond donors (Lipinski definition) is 1. The molecular formula is C12H8N4O3. The van der Waals surface area contributed by atoms with Crippen LogP contribution in [0.3, 0.4) is 0 Å². The van der Waals surface area contributed by atoms with Gasteiger partial charge in [-0.05, 0) is 12.1 Å². The molecule has 0 fully saturated rings. The van der Waals surface area contributed by atoms with E-state index in [0.717, 1.165) is 0 Å². The molecule has 3 heterocycles. The number of hydrogen-bond acceptors (Lipinski definition) is 6. The fourth-order valence-corrected chi connectivity index (χ4v) is 1.55. The Labute approximate surface area is 107 Å². The molecule has 3 aromatic heterocycles. The third-order valence-corrected chi connectivity index (χ3v) is 2.38. The molecule has 7 nitrogen and oxygen atoms in total. The van der Waals surface area contributed by atoms with Crippen molar-refractivity contribution in [2.75, 3.05) is 0 Å². The Hall–Kier alpha value is -2.96. The van der Waals surface area contributed by atoms with Crippen molar-refractivity contribution >= 4 is 5.97 Å². The molecule has 1 N–H and O–H groups in total. The highest BCUT2D eigenvalue weighted by Gasteiger charge is 2.20. The van der Waals surface area contributed by atoms with Crippen LogP contribution in [0.5, 0.6) is 5.88 Å². The van der Waals surface area contributed by atoms with Crippen LogP contribution in [-0.4, -0.2) is 26.1 Å². The van der Waals surface area contributed by atoms with Crippen LogP contribution >= 0.6 is 0 Å². The summed E-state index contributed by atoms with van der Waals surface area (Å²) in [6.07, 6.45) is 5.87. The second kappa shape index (κ2) is 4.73. The lowest BCUT2D eigenvalue weighted by Gasteiger charge is -2.00. The molecule has 0 aliphatic carbocycles. The summed E-state index contributed by atoms with van der Waals surface area (Å²) in [4.78, 5) is 19.7. The Morgan fingerprint density at radius 2 is 2.05 bits per heavy atom. The zero-order valence-corrected chi connectivity index (χ0v) is 9.61. The molecule has 0 spiro atoms. The topological polar surface area (TPSA) is 93.9 Å². The van der Waals surface area contributed by atoms with E-state index in [1.807, 2.05) is 0 Å². The summed E-state index contributed by atoms with van der Waals surface area (Å²) in [7, 11) is 0. The highest BCUT2D eigenvalue weighted by Crippen LogP contribution is 2.23. The number of aromatic nitrogens is 4. The average molecular weight is 256 g/mol. The normalized spacial score (nSPS) is 10.3. The smallest absolute Gasteiger partial charge is 0.367 e. The fourth-order valence-electron chi connectivity index (χ4n) is 1.55. The first-order valence-electron chi connectivity index (χ1n) is 5.40. The molecule has 3 aromatic rings. The minimum Gasteiger partial charge on any atom is -0.443 e. The number of carbonyl (C=O) groups excluding carboxylic acids is 1. The summed E-state index contributed by atoms with van der Waals surface area (Å²) < 4.78 is 10.3. The van der Waals surface area contributed by atoms with Crippen LogP contribution in [0, 0.1) is 0 Å². The minimum absolute atomic E-state index is 0.0980. The summed E-state index contributed by atoms with van der Waals surface area (Å²) >= 11 is 0. The largest absolute Gasteiger partial charge is 0.443 e. The van der Waals surface area contributed by atoms with Crippen LogP contribution in [0.2, 0.25) is 0 Å². The van der Waals surface area contributed by atoms with E-state index in [4.69, 9.17) is 9.15 Å². The maximum absolute atomic E-state index is 12.0. The van der Waals surface area contributed by atoms with Crippen molar-refractivity contribution in [3.8, 4) is 17.2 Å². The Balaban J connectivity index is 1.90. The lowest BCUT2D eigenvalue weighted by atomic mass is 10.2. The molecule has 0 aromatic carbocycles. The maximum Gasteiger partial charge on any atom is 0.367 e. The van der Waals surface area contributed by atoms with E-state index in [0.29, 0.717) is 11.3 Å². The van der Waals surface area contributed by atoms with Crippen molar-refractivity contribution in [2.45, 2.75) is 0 Å². The predicted molar refractivity (Wildman–Crippen MR) is 63.3 cm³/mol. The van der Waals surface area contributed by atoms with Gasteiger partial charge in [0.1, 0.15) is 0 Å². The van der Waals surface area contributed by atoms with Crippen molar-refractivity contribution < 1.29 is 13.9 Å². The van der Waals surface area contributed by atoms with Gasteiger partial charge in [0.15, 0.2) is 17.8 Å². The molecule has 0 aliphatic heterocycles. The molecule has 0 saturated heterocycles. The lowest BCUT2D eigenvalue weighted by Crippen LogP contribution is -2.10. The number of aromatic amines is 1. The summed E-state index contributed by atoms with van der Waals surface area (Å²) in [6, 6.07) is 4.96. The number of nitrogens with one attached hydrogen (secondary N) is 1. The predicted octanol–water partition coefficient (Wildman–Crippen LogP) is 1.68. The Morgan fingerprint density at radius 1 is 1.21 bits per heavy atom. The van der Waals surface area contributed by atoms with Crippen LogP contribution in [0.15, 0.2) is 47.6 Å². The Bertz CT molecular complexity index is 676. The molecule has 0 amide bonds. The number of rotatable bonds is 3. The van der Waals surface area contributed by atoms with E-state index in [-0.39, 0.29) is 11.6 Å². The lowest BCUT2D eigenvalue weighted by molar-refractivity contribution is 0.0722. The highest BCUT2D eigenvalue weighted by atomic mass is 16.5. The molecular weight excluding hydrogens is 248 g/mol. The molecule has 0 aliphatic rings. The van der Waals surface area contributed by atoms with Crippen molar-refractivity contribution in [3.63, 3.8) is 0 Å². The molecule has 0 radical (unpaired) electrons. The van der Waals surface area contributed by atoms with Gasteiger partial charge in [0.05, 0.1) is 6.20 Å². The first-order chi connectivity index (χ1) is 9.34. The quantitative estimate of drug-likeness (QED) is 0.716. The Kier molecular flexibility index (Phi) is 2.77. The summed E-state index contributed by atoms with van der Waals surface area (Å²) in [6.45, 7) is 0. The van der Waals surface area contributed by atoms with Crippen LogP contribution in [0.1, 0.15) is 10.5 Å². The van der Waals surface area contributed by atoms with Gasteiger partial charge in [-0.1, -0.05) is 0 Å². The van der Waals surface area contributed by atoms with E-state index in [1.165, 1.54) is 18.7 Å². The number of H-pyrrole nitrogens is 1. The second-order valence-electron chi connectivity index (χ2n) is 3.58. The fraction of sp³-hybridized carbons (Fsp3) is 0. The minimum atomic E-state index is -0.621. The van der Waals surface area contributed by atoms with Gasteiger partial charge in [-0.15, -0.1) is 0 Å². The van der Waals surface area contributed by atoms with E-state index in [2.05, 4.69) is 20.2 Å². The number of nitrogens with zero attached hydrogens (tertiary/aromatic N) is 3. The van der Waals surface area contributed by atoms with Crippen molar-refractivity contribution in [1.82, 2.24) is 20.2 Å². The van der Waals surface area contributed by atoms with E-state index >= 15 is 0 Å². The van der Waals surface area contributed by atoms with Crippen molar-refractivity contribution in [2.24, 2.45) is 0 Å².